The zero-order chi connectivity index (χ0) is 13.9. The maximum absolute atomic E-state index is 12.1. The second-order valence-corrected chi connectivity index (χ2v) is 5.95. The highest BCUT2D eigenvalue weighted by molar-refractivity contribution is 5.80. The lowest BCUT2D eigenvalue weighted by molar-refractivity contribution is -0.149. The lowest BCUT2D eigenvalue weighted by atomic mass is 10.0. The SMILES string of the molecule is CCN1CCN(CC(C)(NC2CC2)C(=O)OC)CC1. The van der Waals surface area contributed by atoms with Crippen LogP contribution in [0.4, 0.5) is 0 Å². The molecule has 1 aliphatic carbocycles. The molecule has 2 rings (SSSR count). The predicted molar refractivity (Wildman–Crippen MR) is 75.1 cm³/mol. The minimum atomic E-state index is -0.565. The van der Waals surface area contributed by atoms with E-state index < -0.39 is 5.54 Å². The number of likely N-dealkylation sites (N-methyl/N-ethyl adjacent to an activating group) is 1. The van der Waals surface area contributed by atoms with E-state index in [2.05, 4.69) is 22.0 Å². The van der Waals surface area contributed by atoms with E-state index in [0.717, 1.165) is 39.3 Å². The second-order valence-electron chi connectivity index (χ2n) is 5.95. The molecule has 1 saturated heterocycles. The van der Waals surface area contributed by atoms with Crippen LogP contribution in [-0.4, -0.2) is 73.7 Å². The van der Waals surface area contributed by atoms with Crippen LogP contribution >= 0.6 is 0 Å². The number of carbonyl (C=O) groups excluding carboxylic acids is 1. The Hall–Kier alpha value is -0.650. The van der Waals surface area contributed by atoms with Gasteiger partial charge in [0.15, 0.2) is 0 Å². The molecule has 1 unspecified atom stereocenters. The molecule has 0 aromatic carbocycles. The van der Waals surface area contributed by atoms with Crippen LogP contribution in [0.2, 0.25) is 0 Å². The third-order valence-corrected chi connectivity index (χ3v) is 4.19. The number of ether oxygens (including phenoxy) is 1. The first-order valence-corrected chi connectivity index (χ1v) is 7.38. The molecule has 1 N–H and O–H groups in total. The number of rotatable bonds is 6. The van der Waals surface area contributed by atoms with Crippen LogP contribution in [-0.2, 0) is 9.53 Å². The van der Waals surface area contributed by atoms with Crippen LogP contribution in [0.3, 0.4) is 0 Å². The van der Waals surface area contributed by atoms with Gasteiger partial charge >= 0.3 is 5.97 Å². The van der Waals surface area contributed by atoms with Gasteiger partial charge in [-0.25, -0.2) is 0 Å². The van der Waals surface area contributed by atoms with Gasteiger partial charge in [-0.15, -0.1) is 0 Å². The van der Waals surface area contributed by atoms with E-state index in [9.17, 15) is 4.79 Å². The van der Waals surface area contributed by atoms with Crippen LogP contribution in [0.25, 0.3) is 0 Å². The van der Waals surface area contributed by atoms with E-state index in [1.54, 1.807) is 0 Å². The zero-order valence-electron chi connectivity index (χ0n) is 12.4. The predicted octanol–water partition coefficient (Wildman–Crippen LogP) is 0.308. The van der Waals surface area contributed by atoms with E-state index in [1.807, 2.05) is 6.92 Å². The first-order chi connectivity index (χ1) is 9.07. The summed E-state index contributed by atoms with van der Waals surface area (Å²) in [6, 6.07) is 0.501. The summed E-state index contributed by atoms with van der Waals surface area (Å²) in [7, 11) is 1.48. The van der Waals surface area contributed by atoms with Crippen molar-refractivity contribution in [3.8, 4) is 0 Å². The van der Waals surface area contributed by atoms with E-state index in [4.69, 9.17) is 4.74 Å². The van der Waals surface area contributed by atoms with Crippen molar-refractivity contribution in [1.29, 1.82) is 0 Å². The summed E-state index contributed by atoms with van der Waals surface area (Å²) >= 11 is 0. The maximum Gasteiger partial charge on any atom is 0.327 e. The van der Waals surface area contributed by atoms with Gasteiger partial charge in [0.05, 0.1) is 7.11 Å². The fraction of sp³-hybridized carbons (Fsp3) is 0.929. The van der Waals surface area contributed by atoms with E-state index in [1.165, 1.54) is 20.0 Å². The van der Waals surface area contributed by atoms with Crippen molar-refractivity contribution < 1.29 is 9.53 Å². The molecule has 1 heterocycles. The van der Waals surface area contributed by atoms with Crippen LogP contribution < -0.4 is 5.32 Å². The van der Waals surface area contributed by atoms with Crippen molar-refractivity contribution in [2.45, 2.75) is 38.3 Å². The number of piperazine rings is 1. The van der Waals surface area contributed by atoms with Crippen LogP contribution in [0.1, 0.15) is 26.7 Å². The van der Waals surface area contributed by atoms with E-state index in [0.29, 0.717) is 6.04 Å². The number of hydrogen-bond donors (Lipinski definition) is 1. The molecule has 0 bridgehead atoms. The Morgan fingerprint density at radius 2 is 1.84 bits per heavy atom. The average molecular weight is 269 g/mol. The molecule has 1 saturated carbocycles. The van der Waals surface area contributed by atoms with Gasteiger partial charge in [0.25, 0.3) is 0 Å². The zero-order valence-corrected chi connectivity index (χ0v) is 12.4. The van der Waals surface area contributed by atoms with Crippen molar-refractivity contribution in [2.24, 2.45) is 0 Å². The Bertz CT molecular complexity index is 312. The topological polar surface area (TPSA) is 44.8 Å². The van der Waals surface area contributed by atoms with Crippen molar-refractivity contribution in [3.63, 3.8) is 0 Å². The molecule has 1 aliphatic heterocycles. The van der Waals surface area contributed by atoms with Gasteiger partial charge in [-0.1, -0.05) is 6.92 Å². The highest BCUT2D eigenvalue weighted by Crippen LogP contribution is 2.24. The van der Waals surface area contributed by atoms with Gasteiger partial charge in [0.2, 0.25) is 0 Å². The number of esters is 1. The fourth-order valence-electron chi connectivity index (χ4n) is 2.78. The summed E-state index contributed by atoms with van der Waals surface area (Å²) in [6.45, 7) is 10.3. The Labute approximate surface area is 116 Å². The molecule has 0 amide bonds. The minimum absolute atomic E-state index is 0.141. The van der Waals surface area contributed by atoms with Gasteiger partial charge < -0.3 is 9.64 Å². The molecule has 0 aromatic heterocycles. The van der Waals surface area contributed by atoms with E-state index in [-0.39, 0.29) is 5.97 Å². The third-order valence-electron chi connectivity index (χ3n) is 4.19. The summed E-state index contributed by atoms with van der Waals surface area (Å²) in [4.78, 5) is 16.9. The van der Waals surface area contributed by atoms with Gasteiger partial charge in [0, 0.05) is 38.8 Å². The molecule has 19 heavy (non-hydrogen) atoms. The maximum atomic E-state index is 12.1. The molecule has 1 atom stereocenters. The quantitative estimate of drug-likeness (QED) is 0.703. The molecule has 2 fully saturated rings. The molecular weight excluding hydrogens is 242 g/mol. The first-order valence-electron chi connectivity index (χ1n) is 7.38. The fourth-order valence-corrected chi connectivity index (χ4v) is 2.78. The molecule has 110 valence electrons. The molecule has 2 aliphatic rings. The lowest BCUT2D eigenvalue weighted by Crippen LogP contribution is -2.60. The summed E-state index contributed by atoms with van der Waals surface area (Å²) < 4.78 is 4.99. The van der Waals surface area contributed by atoms with Crippen molar-refractivity contribution in [1.82, 2.24) is 15.1 Å². The number of hydrogen-bond acceptors (Lipinski definition) is 5. The van der Waals surface area contributed by atoms with Gasteiger partial charge in [-0.2, -0.15) is 0 Å². The number of nitrogens with zero attached hydrogens (tertiary/aromatic N) is 2. The van der Waals surface area contributed by atoms with E-state index >= 15 is 0 Å². The first kappa shape index (κ1) is 14.8. The van der Waals surface area contributed by atoms with Crippen LogP contribution in [0, 0.1) is 0 Å². The summed E-state index contributed by atoms with van der Waals surface area (Å²) in [5, 5.41) is 3.46. The van der Waals surface area contributed by atoms with Gasteiger partial charge in [0.1, 0.15) is 5.54 Å². The van der Waals surface area contributed by atoms with Crippen molar-refractivity contribution in [2.75, 3.05) is 46.4 Å². The molecule has 0 aromatic rings. The van der Waals surface area contributed by atoms with Crippen LogP contribution in [0.5, 0.6) is 0 Å². The molecular formula is C14H27N3O2. The number of carbonyl (C=O) groups is 1. The Morgan fingerprint density at radius 3 is 2.32 bits per heavy atom. The Balaban J connectivity index is 1.90. The number of methoxy groups -OCH3 is 1. The van der Waals surface area contributed by atoms with Gasteiger partial charge in [-0.05, 0) is 26.3 Å². The summed E-state index contributed by atoms with van der Waals surface area (Å²) in [6.07, 6.45) is 2.35. The summed E-state index contributed by atoms with van der Waals surface area (Å²) in [5.74, 6) is -0.141. The van der Waals surface area contributed by atoms with Gasteiger partial charge in [-0.3, -0.25) is 15.0 Å². The smallest absolute Gasteiger partial charge is 0.327 e. The highest BCUT2D eigenvalue weighted by atomic mass is 16.5. The molecule has 5 heteroatoms. The summed E-state index contributed by atoms with van der Waals surface area (Å²) in [5.41, 5.74) is -0.565. The van der Waals surface area contributed by atoms with Crippen LogP contribution in [0.15, 0.2) is 0 Å². The number of nitrogens with one attached hydrogen (secondary N) is 1. The third kappa shape index (κ3) is 3.91. The Morgan fingerprint density at radius 1 is 1.26 bits per heavy atom. The normalized spacial score (nSPS) is 25.0. The second kappa shape index (κ2) is 6.20. The molecule has 5 nitrogen and oxygen atoms in total. The highest BCUT2D eigenvalue weighted by Gasteiger charge is 2.41. The average Bonchev–Trinajstić information content (AvgIpc) is 3.22. The standard InChI is InChI=1S/C14H27N3O2/c1-4-16-7-9-17(10-8-16)11-14(2,13(18)19-3)15-12-5-6-12/h12,15H,4-11H2,1-3H3. The largest absolute Gasteiger partial charge is 0.468 e. The Kier molecular flexibility index (Phi) is 4.81. The van der Waals surface area contributed by atoms with Crippen molar-refractivity contribution in [3.05, 3.63) is 0 Å². The molecule has 0 radical (unpaired) electrons. The van der Waals surface area contributed by atoms with Crippen molar-refractivity contribution >= 4 is 5.97 Å². The molecule has 0 spiro atoms. The lowest BCUT2D eigenvalue weighted by Gasteiger charge is -2.39. The minimum Gasteiger partial charge on any atom is -0.468 e. The monoisotopic (exact) mass is 269 g/mol.